The van der Waals surface area contributed by atoms with Crippen molar-refractivity contribution in [2.75, 3.05) is 5.32 Å². The van der Waals surface area contributed by atoms with Crippen LogP contribution in [-0.4, -0.2) is 10.9 Å². The van der Waals surface area contributed by atoms with E-state index in [1.165, 1.54) is 5.56 Å². The molecule has 6 heteroatoms. The summed E-state index contributed by atoms with van der Waals surface area (Å²) in [5.41, 5.74) is 4.43. The molecule has 4 nitrogen and oxygen atoms in total. The highest BCUT2D eigenvalue weighted by atomic mass is 35.5. The van der Waals surface area contributed by atoms with E-state index in [0.29, 0.717) is 38.3 Å². The van der Waals surface area contributed by atoms with Crippen LogP contribution in [-0.2, 0) is 6.42 Å². The van der Waals surface area contributed by atoms with Crippen LogP contribution in [0, 0.1) is 0 Å². The molecule has 28 heavy (non-hydrogen) atoms. The van der Waals surface area contributed by atoms with E-state index in [4.69, 9.17) is 27.6 Å². The number of nitrogens with one attached hydrogen (secondary N) is 1. The molecule has 0 atom stereocenters. The highest BCUT2D eigenvalue weighted by Gasteiger charge is 2.12. The van der Waals surface area contributed by atoms with E-state index in [1.807, 2.05) is 24.3 Å². The minimum absolute atomic E-state index is 0.171. The first-order chi connectivity index (χ1) is 13.5. The van der Waals surface area contributed by atoms with E-state index in [9.17, 15) is 4.79 Å². The Morgan fingerprint density at radius 3 is 2.50 bits per heavy atom. The minimum Gasteiger partial charge on any atom is -0.436 e. The zero-order valence-corrected chi connectivity index (χ0v) is 16.5. The number of amides is 1. The van der Waals surface area contributed by atoms with Crippen LogP contribution in [0.15, 0.2) is 65.1 Å². The van der Waals surface area contributed by atoms with Crippen molar-refractivity contribution >= 4 is 45.9 Å². The third-order valence-corrected chi connectivity index (χ3v) is 5.18. The van der Waals surface area contributed by atoms with E-state index in [0.717, 1.165) is 12.0 Å². The Kier molecular flexibility index (Phi) is 5.07. The average molecular weight is 411 g/mol. The molecule has 3 aromatic carbocycles. The topological polar surface area (TPSA) is 55.1 Å². The van der Waals surface area contributed by atoms with Crippen molar-refractivity contribution in [2.24, 2.45) is 0 Å². The van der Waals surface area contributed by atoms with Gasteiger partial charge in [0.15, 0.2) is 5.58 Å². The lowest BCUT2D eigenvalue weighted by molar-refractivity contribution is 0.102. The number of hydrogen-bond donors (Lipinski definition) is 1. The van der Waals surface area contributed by atoms with E-state index in [-0.39, 0.29) is 5.91 Å². The smallest absolute Gasteiger partial charge is 0.255 e. The second-order valence-electron chi connectivity index (χ2n) is 6.34. The molecule has 0 unspecified atom stereocenters. The molecule has 1 amide bonds. The fraction of sp³-hybridized carbons (Fsp3) is 0.0909. The van der Waals surface area contributed by atoms with Crippen molar-refractivity contribution in [3.63, 3.8) is 0 Å². The highest BCUT2D eigenvalue weighted by molar-refractivity contribution is 6.42. The maximum atomic E-state index is 12.5. The molecule has 0 radical (unpaired) electrons. The van der Waals surface area contributed by atoms with Crippen LogP contribution < -0.4 is 5.32 Å². The molecule has 4 aromatic rings. The third kappa shape index (κ3) is 3.75. The Hall–Kier alpha value is -2.82. The van der Waals surface area contributed by atoms with E-state index in [1.54, 1.807) is 36.4 Å². The van der Waals surface area contributed by atoms with Gasteiger partial charge in [0.2, 0.25) is 5.89 Å². The molecule has 4 rings (SSSR count). The van der Waals surface area contributed by atoms with Crippen LogP contribution in [0.5, 0.6) is 0 Å². The number of anilines is 1. The van der Waals surface area contributed by atoms with Crippen molar-refractivity contribution in [3.8, 4) is 11.5 Å². The lowest BCUT2D eigenvalue weighted by atomic mass is 10.1. The number of rotatable bonds is 4. The number of fused-ring (bicyclic) bond motifs is 1. The predicted octanol–water partition coefficient (Wildman–Crippen LogP) is 6.62. The van der Waals surface area contributed by atoms with E-state index >= 15 is 0 Å². The highest BCUT2D eigenvalue weighted by Crippen LogP contribution is 2.30. The number of halogens is 2. The molecular formula is C22H16Cl2N2O2. The summed E-state index contributed by atoms with van der Waals surface area (Å²) in [6.45, 7) is 2.08. The first-order valence-electron chi connectivity index (χ1n) is 8.80. The molecule has 140 valence electrons. The van der Waals surface area contributed by atoms with Crippen molar-refractivity contribution in [3.05, 3.63) is 81.8 Å². The summed E-state index contributed by atoms with van der Waals surface area (Å²) in [7, 11) is 0. The second kappa shape index (κ2) is 7.66. The maximum absolute atomic E-state index is 12.5. The molecule has 1 N–H and O–H groups in total. The van der Waals surface area contributed by atoms with E-state index in [2.05, 4.69) is 17.2 Å². The van der Waals surface area contributed by atoms with Crippen LogP contribution in [0.4, 0.5) is 5.69 Å². The van der Waals surface area contributed by atoms with Crippen LogP contribution >= 0.6 is 23.2 Å². The van der Waals surface area contributed by atoms with Crippen molar-refractivity contribution in [2.45, 2.75) is 13.3 Å². The number of carbonyl (C=O) groups is 1. The van der Waals surface area contributed by atoms with Gasteiger partial charge in [-0.05, 0) is 60.5 Å². The summed E-state index contributed by atoms with van der Waals surface area (Å²) in [6, 6.07) is 18.1. The summed E-state index contributed by atoms with van der Waals surface area (Å²) in [5, 5.41) is 3.80. The second-order valence-corrected chi connectivity index (χ2v) is 7.15. The lowest BCUT2D eigenvalue weighted by Gasteiger charge is -2.05. The number of oxazole rings is 1. The van der Waals surface area contributed by atoms with Gasteiger partial charge in [0, 0.05) is 16.8 Å². The van der Waals surface area contributed by atoms with Gasteiger partial charge in [0.25, 0.3) is 5.91 Å². The maximum Gasteiger partial charge on any atom is 0.255 e. The average Bonchev–Trinajstić information content (AvgIpc) is 3.13. The van der Waals surface area contributed by atoms with E-state index < -0.39 is 0 Å². The number of benzene rings is 3. The van der Waals surface area contributed by atoms with Crippen LogP contribution in [0.1, 0.15) is 22.8 Å². The van der Waals surface area contributed by atoms with Gasteiger partial charge in [0.05, 0.1) is 10.0 Å². The molecule has 0 saturated heterocycles. The summed E-state index contributed by atoms with van der Waals surface area (Å²) >= 11 is 12.0. The molecule has 1 aromatic heterocycles. The zero-order valence-electron chi connectivity index (χ0n) is 15.0. The van der Waals surface area contributed by atoms with Crippen molar-refractivity contribution < 1.29 is 9.21 Å². The monoisotopic (exact) mass is 410 g/mol. The van der Waals surface area contributed by atoms with Gasteiger partial charge < -0.3 is 9.73 Å². The first kappa shape index (κ1) is 18.5. The Morgan fingerprint density at radius 2 is 1.79 bits per heavy atom. The molecule has 0 fully saturated rings. The molecule has 0 bridgehead atoms. The standard InChI is InChI=1S/C22H16Cl2N2O2/c1-2-13-3-5-14(6-4-13)21(27)25-16-8-10-20-19(12-16)26-22(28-20)15-7-9-17(23)18(24)11-15/h3-12H,2H2,1H3,(H,25,27). The van der Waals surface area contributed by atoms with Gasteiger partial charge in [-0.15, -0.1) is 0 Å². The Morgan fingerprint density at radius 1 is 1.00 bits per heavy atom. The quantitative estimate of drug-likeness (QED) is 0.411. The molecule has 1 heterocycles. The summed E-state index contributed by atoms with van der Waals surface area (Å²) in [4.78, 5) is 17.0. The molecule has 0 aliphatic heterocycles. The SMILES string of the molecule is CCc1ccc(C(=O)Nc2ccc3oc(-c4ccc(Cl)c(Cl)c4)nc3c2)cc1. The summed E-state index contributed by atoms with van der Waals surface area (Å²) in [6.07, 6.45) is 0.936. The number of aryl methyl sites for hydroxylation is 1. The fourth-order valence-corrected chi connectivity index (χ4v) is 3.15. The van der Waals surface area contributed by atoms with Crippen LogP contribution in [0.3, 0.4) is 0 Å². The predicted molar refractivity (Wildman–Crippen MR) is 113 cm³/mol. The zero-order chi connectivity index (χ0) is 19.7. The third-order valence-electron chi connectivity index (χ3n) is 4.44. The van der Waals surface area contributed by atoms with Gasteiger partial charge in [-0.25, -0.2) is 4.98 Å². The van der Waals surface area contributed by atoms with Crippen LogP contribution in [0.25, 0.3) is 22.6 Å². The van der Waals surface area contributed by atoms with Gasteiger partial charge in [-0.2, -0.15) is 0 Å². The molecule has 0 aliphatic carbocycles. The Bertz CT molecular complexity index is 1170. The summed E-state index contributed by atoms with van der Waals surface area (Å²) in [5.74, 6) is 0.266. The summed E-state index contributed by atoms with van der Waals surface area (Å²) < 4.78 is 5.79. The van der Waals surface area contributed by atoms with Crippen molar-refractivity contribution in [1.82, 2.24) is 4.98 Å². The molecule has 0 aliphatic rings. The van der Waals surface area contributed by atoms with Gasteiger partial charge >= 0.3 is 0 Å². The molecule has 0 spiro atoms. The largest absolute Gasteiger partial charge is 0.436 e. The lowest BCUT2D eigenvalue weighted by Crippen LogP contribution is -2.11. The molecular weight excluding hydrogens is 395 g/mol. The van der Waals surface area contributed by atoms with Gasteiger partial charge in [-0.3, -0.25) is 4.79 Å². The van der Waals surface area contributed by atoms with Crippen molar-refractivity contribution in [1.29, 1.82) is 0 Å². The van der Waals surface area contributed by atoms with Gasteiger partial charge in [0.1, 0.15) is 5.52 Å². The minimum atomic E-state index is -0.171. The fourth-order valence-electron chi connectivity index (χ4n) is 2.85. The number of aromatic nitrogens is 1. The van der Waals surface area contributed by atoms with Gasteiger partial charge in [-0.1, -0.05) is 42.3 Å². The number of carbonyl (C=O) groups excluding carboxylic acids is 1. The normalized spacial score (nSPS) is 11.0. The Labute approximate surface area is 172 Å². The molecule has 0 saturated carbocycles. The first-order valence-corrected chi connectivity index (χ1v) is 9.55. The number of hydrogen-bond acceptors (Lipinski definition) is 3. The Balaban J connectivity index is 1.58. The van der Waals surface area contributed by atoms with Crippen LogP contribution in [0.2, 0.25) is 10.0 Å². The number of nitrogens with zero attached hydrogens (tertiary/aromatic N) is 1.